The summed E-state index contributed by atoms with van der Waals surface area (Å²) in [6, 6.07) is 3.40. The summed E-state index contributed by atoms with van der Waals surface area (Å²) in [4.78, 5) is 0. The van der Waals surface area contributed by atoms with Gasteiger partial charge in [-0.3, -0.25) is 0 Å². The fourth-order valence-electron chi connectivity index (χ4n) is 1.85. The highest BCUT2D eigenvalue weighted by molar-refractivity contribution is 5.52. The molecule has 0 bridgehead atoms. The van der Waals surface area contributed by atoms with Gasteiger partial charge in [0, 0.05) is 23.1 Å². The third kappa shape index (κ3) is 1.16. The van der Waals surface area contributed by atoms with E-state index in [1.807, 2.05) is 0 Å². The zero-order valence-corrected chi connectivity index (χ0v) is 8.25. The predicted molar refractivity (Wildman–Crippen MR) is 54.5 cm³/mol. The number of nitrogens with two attached hydrogens (primary N) is 1. The molecule has 4 N–H and O–H groups in total. The number of benzene rings is 1. The molecule has 0 unspecified atom stereocenters. The van der Waals surface area contributed by atoms with Crippen molar-refractivity contribution in [2.75, 3.05) is 6.54 Å². The minimum absolute atomic E-state index is 0.0253. The average Bonchev–Trinajstić information content (AvgIpc) is 2.95. The molecule has 76 valence electrons. The smallest absolute Gasteiger partial charge is 0.125 e. The highest BCUT2D eigenvalue weighted by Gasteiger charge is 2.44. The summed E-state index contributed by atoms with van der Waals surface area (Å²) >= 11 is 0. The van der Waals surface area contributed by atoms with Gasteiger partial charge < -0.3 is 15.9 Å². The molecule has 0 aliphatic heterocycles. The van der Waals surface area contributed by atoms with Crippen molar-refractivity contribution in [3.8, 4) is 11.5 Å². The van der Waals surface area contributed by atoms with Crippen LogP contribution in [-0.2, 0) is 5.41 Å². The molecule has 3 heteroatoms. The van der Waals surface area contributed by atoms with Crippen molar-refractivity contribution in [3.05, 3.63) is 23.3 Å². The lowest BCUT2D eigenvalue weighted by Gasteiger charge is -2.16. The summed E-state index contributed by atoms with van der Waals surface area (Å²) in [5.74, 6) is 0.340. The van der Waals surface area contributed by atoms with Crippen LogP contribution >= 0.6 is 0 Å². The summed E-state index contributed by atoms with van der Waals surface area (Å²) in [7, 11) is 0. The van der Waals surface area contributed by atoms with Gasteiger partial charge in [0.2, 0.25) is 0 Å². The number of hydrogen-bond acceptors (Lipinski definition) is 3. The van der Waals surface area contributed by atoms with Gasteiger partial charge in [0.1, 0.15) is 11.5 Å². The van der Waals surface area contributed by atoms with Crippen LogP contribution in [0.3, 0.4) is 0 Å². The van der Waals surface area contributed by atoms with E-state index in [-0.39, 0.29) is 16.9 Å². The normalized spacial score (nSPS) is 18.1. The van der Waals surface area contributed by atoms with Crippen molar-refractivity contribution >= 4 is 0 Å². The van der Waals surface area contributed by atoms with Crippen LogP contribution in [0.25, 0.3) is 0 Å². The third-order valence-corrected chi connectivity index (χ3v) is 3.22. The van der Waals surface area contributed by atoms with E-state index in [0.717, 1.165) is 18.4 Å². The number of phenols is 2. The monoisotopic (exact) mass is 193 g/mol. The molecule has 1 aromatic rings. The molecule has 0 atom stereocenters. The van der Waals surface area contributed by atoms with Crippen LogP contribution in [0.2, 0.25) is 0 Å². The zero-order valence-electron chi connectivity index (χ0n) is 8.25. The molecular weight excluding hydrogens is 178 g/mol. The van der Waals surface area contributed by atoms with Gasteiger partial charge in [0.25, 0.3) is 0 Å². The summed E-state index contributed by atoms with van der Waals surface area (Å²) in [6.07, 6.45) is 2.06. The van der Waals surface area contributed by atoms with E-state index in [9.17, 15) is 10.2 Å². The molecule has 1 aromatic carbocycles. The van der Waals surface area contributed by atoms with Crippen molar-refractivity contribution < 1.29 is 10.2 Å². The van der Waals surface area contributed by atoms with Crippen molar-refractivity contribution in [1.82, 2.24) is 0 Å². The van der Waals surface area contributed by atoms with Gasteiger partial charge in [-0.25, -0.2) is 0 Å². The van der Waals surface area contributed by atoms with Crippen molar-refractivity contribution in [1.29, 1.82) is 0 Å². The van der Waals surface area contributed by atoms with Gasteiger partial charge in [0.15, 0.2) is 0 Å². The Morgan fingerprint density at radius 3 is 2.50 bits per heavy atom. The lowest BCUT2D eigenvalue weighted by molar-refractivity contribution is 0.433. The van der Waals surface area contributed by atoms with Gasteiger partial charge in [-0.2, -0.15) is 0 Å². The lowest BCUT2D eigenvalue weighted by atomic mass is 9.93. The fraction of sp³-hybridized carbons (Fsp3) is 0.455. The van der Waals surface area contributed by atoms with E-state index >= 15 is 0 Å². The number of rotatable bonds is 2. The molecule has 0 saturated heterocycles. The molecule has 0 radical (unpaired) electrons. The highest BCUT2D eigenvalue weighted by atomic mass is 16.3. The Labute approximate surface area is 83.2 Å². The first-order valence-corrected chi connectivity index (χ1v) is 4.83. The van der Waals surface area contributed by atoms with Crippen LogP contribution in [0.4, 0.5) is 0 Å². The van der Waals surface area contributed by atoms with Crippen LogP contribution in [0.15, 0.2) is 12.1 Å². The first kappa shape index (κ1) is 9.34. The Hall–Kier alpha value is -1.22. The Morgan fingerprint density at radius 1 is 1.36 bits per heavy atom. The SMILES string of the molecule is Cc1c(O)ccc(C2(CN)CC2)c1O. The second-order valence-corrected chi connectivity index (χ2v) is 4.09. The molecule has 2 rings (SSSR count). The second kappa shape index (κ2) is 2.89. The minimum atomic E-state index is -0.0253. The summed E-state index contributed by atoms with van der Waals surface area (Å²) in [5, 5.41) is 19.3. The van der Waals surface area contributed by atoms with E-state index in [2.05, 4.69) is 0 Å². The van der Waals surface area contributed by atoms with Crippen LogP contribution in [0, 0.1) is 6.92 Å². The predicted octanol–water partition coefficient (Wildman–Crippen LogP) is 1.40. The van der Waals surface area contributed by atoms with Gasteiger partial charge in [-0.05, 0) is 25.8 Å². The molecule has 1 aliphatic carbocycles. The Balaban J connectivity index is 2.50. The van der Waals surface area contributed by atoms with Crippen LogP contribution in [0.5, 0.6) is 11.5 Å². The van der Waals surface area contributed by atoms with E-state index in [1.165, 1.54) is 0 Å². The number of aromatic hydroxyl groups is 2. The largest absolute Gasteiger partial charge is 0.508 e. The van der Waals surface area contributed by atoms with E-state index in [4.69, 9.17) is 5.73 Å². The number of hydrogen-bond donors (Lipinski definition) is 3. The van der Waals surface area contributed by atoms with Crippen LogP contribution in [0.1, 0.15) is 24.0 Å². The fourth-order valence-corrected chi connectivity index (χ4v) is 1.85. The molecule has 0 heterocycles. The molecular formula is C11H15NO2. The van der Waals surface area contributed by atoms with Crippen molar-refractivity contribution in [2.24, 2.45) is 5.73 Å². The molecule has 0 spiro atoms. The summed E-state index contributed by atoms with van der Waals surface area (Å²) in [6.45, 7) is 2.27. The topological polar surface area (TPSA) is 66.5 Å². The van der Waals surface area contributed by atoms with Gasteiger partial charge in [-0.15, -0.1) is 0 Å². The Kier molecular flexibility index (Phi) is 1.93. The quantitative estimate of drug-likeness (QED) is 0.665. The third-order valence-electron chi connectivity index (χ3n) is 3.22. The van der Waals surface area contributed by atoms with Crippen LogP contribution < -0.4 is 5.73 Å². The summed E-state index contributed by atoms with van der Waals surface area (Å²) < 4.78 is 0. The van der Waals surface area contributed by atoms with E-state index < -0.39 is 0 Å². The molecule has 3 nitrogen and oxygen atoms in total. The maximum Gasteiger partial charge on any atom is 0.125 e. The highest BCUT2D eigenvalue weighted by Crippen LogP contribution is 2.51. The Morgan fingerprint density at radius 2 is 2.00 bits per heavy atom. The first-order valence-electron chi connectivity index (χ1n) is 4.83. The van der Waals surface area contributed by atoms with Crippen molar-refractivity contribution in [2.45, 2.75) is 25.2 Å². The molecule has 1 saturated carbocycles. The first-order chi connectivity index (χ1) is 6.60. The van der Waals surface area contributed by atoms with E-state index in [1.54, 1.807) is 19.1 Å². The summed E-state index contributed by atoms with van der Waals surface area (Å²) in [5.41, 5.74) is 7.09. The van der Waals surface area contributed by atoms with Crippen molar-refractivity contribution in [3.63, 3.8) is 0 Å². The number of phenolic OH excluding ortho intramolecular Hbond substituents is 2. The molecule has 1 aliphatic rings. The standard InChI is InChI=1S/C11H15NO2/c1-7-9(13)3-2-8(10(7)14)11(6-12)4-5-11/h2-3,13-14H,4-6,12H2,1H3. The maximum atomic E-state index is 9.87. The molecule has 0 aromatic heterocycles. The lowest BCUT2D eigenvalue weighted by Crippen LogP contribution is -2.19. The van der Waals surface area contributed by atoms with Gasteiger partial charge >= 0.3 is 0 Å². The van der Waals surface area contributed by atoms with Gasteiger partial charge in [-0.1, -0.05) is 6.07 Å². The maximum absolute atomic E-state index is 9.87. The minimum Gasteiger partial charge on any atom is -0.508 e. The molecule has 1 fully saturated rings. The molecule has 0 amide bonds. The van der Waals surface area contributed by atoms with Crippen LogP contribution in [-0.4, -0.2) is 16.8 Å². The van der Waals surface area contributed by atoms with Gasteiger partial charge in [0.05, 0.1) is 0 Å². The van der Waals surface area contributed by atoms with E-state index in [0.29, 0.717) is 12.1 Å². The second-order valence-electron chi connectivity index (χ2n) is 4.09. The Bertz CT molecular complexity index is 370. The zero-order chi connectivity index (χ0) is 10.3. The molecule has 14 heavy (non-hydrogen) atoms. The average molecular weight is 193 g/mol.